The number of nitrogens with zero attached hydrogens (tertiary/aromatic N) is 2. The summed E-state index contributed by atoms with van der Waals surface area (Å²) in [7, 11) is 0. The molecule has 2 fully saturated rings. The highest BCUT2D eigenvalue weighted by Gasteiger charge is 2.46. The summed E-state index contributed by atoms with van der Waals surface area (Å²) in [5.41, 5.74) is 1.15. The number of aliphatic hydroxyl groups excluding tert-OH is 1. The second kappa shape index (κ2) is 11.9. The number of likely N-dealkylation sites (tertiary alicyclic amines) is 1. The molecule has 0 aromatic heterocycles. The van der Waals surface area contributed by atoms with Gasteiger partial charge in [0, 0.05) is 31.7 Å². The molecule has 3 aliphatic rings. The first-order chi connectivity index (χ1) is 18.6. The molecule has 0 radical (unpaired) electrons. The lowest BCUT2D eigenvalue weighted by molar-refractivity contribution is -0.140. The Morgan fingerprint density at radius 2 is 1.79 bits per heavy atom. The van der Waals surface area contributed by atoms with Crippen LogP contribution < -0.4 is 14.2 Å². The number of rotatable bonds is 9. The van der Waals surface area contributed by atoms with E-state index >= 15 is 0 Å². The maximum Gasteiger partial charge on any atom is 0.295 e. The first-order valence-electron chi connectivity index (χ1n) is 13.3. The summed E-state index contributed by atoms with van der Waals surface area (Å²) >= 11 is 0. The van der Waals surface area contributed by atoms with Crippen molar-refractivity contribution in [3.05, 3.63) is 59.2 Å². The van der Waals surface area contributed by atoms with Crippen molar-refractivity contribution in [2.75, 3.05) is 59.2 Å². The van der Waals surface area contributed by atoms with Crippen molar-refractivity contribution in [2.45, 2.75) is 25.8 Å². The molecule has 2 aromatic rings. The van der Waals surface area contributed by atoms with E-state index in [-0.39, 0.29) is 11.3 Å². The van der Waals surface area contributed by atoms with Gasteiger partial charge in [0.2, 0.25) is 0 Å². The zero-order valence-electron chi connectivity index (χ0n) is 21.7. The van der Waals surface area contributed by atoms with Gasteiger partial charge in [-0.2, -0.15) is 0 Å². The predicted molar refractivity (Wildman–Crippen MR) is 141 cm³/mol. The third-order valence-corrected chi connectivity index (χ3v) is 7.06. The monoisotopic (exact) mass is 522 g/mol. The Balaban J connectivity index is 1.52. The molecule has 1 atom stereocenters. The van der Waals surface area contributed by atoms with Crippen molar-refractivity contribution in [2.24, 2.45) is 0 Å². The van der Waals surface area contributed by atoms with Gasteiger partial charge in [0.15, 0.2) is 11.5 Å². The van der Waals surface area contributed by atoms with Gasteiger partial charge in [-0.05, 0) is 42.3 Å². The number of carbonyl (C=O) groups is 2. The van der Waals surface area contributed by atoms with Crippen LogP contribution in [0.15, 0.2) is 48.0 Å². The number of carbonyl (C=O) groups excluding carboxylic acids is 2. The number of unbranched alkanes of at least 4 members (excludes halogenated alkanes) is 1. The van der Waals surface area contributed by atoms with Crippen LogP contribution in [0.25, 0.3) is 5.76 Å². The van der Waals surface area contributed by atoms with E-state index in [9.17, 15) is 14.7 Å². The Bertz CT molecular complexity index is 1210. The number of Topliss-reactive ketones (excluding diaryl/α,β-unsaturated/α-hetero) is 1. The molecule has 2 aromatic carbocycles. The average molecular weight is 523 g/mol. The molecule has 1 amide bonds. The van der Waals surface area contributed by atoms with Crippen LogP contribution in [-0.4, -0.2) is 85.8 Å². The molecular formula is C29H34N2O7. The second-order valence-electron chi connectivity index (χ2n) is 9.58. The van der Waals surface area contributed by atoms with E-state index in [0.717, 1.165) is 25.9 Å². The number of fused-ring (bicyclic) bond motifs is 1. The predicted octanol–water partition coefficient (Wildman–Crippen LogP) is 3.39. The van der Waals surface area contributed by atoms with Crippen molar-refractivity contribution in [1.82, 2.24) is 9.80 Å². The van der Waals surface area contributed by atoms with E-state index in [0.29, 0.717) is 74.5 Å². The van der Waals surface area contributed by atoms with E-state index in [1.54, 1.807) is 23.1 Å². The first-order valence-corrected chi connectivity index (χ1v) is 13.3. The Hall–Kier alpha value is -3.56. The lowest BCUT2D eigenvalue weighted by atomic mass is 9.95. The van der Waals surface area contributed by atoms with Crippen molar-refractivity contribution < 1.29 is 33.6 Å². The molecule has 38 heavy (non-hydrogen) atoms. The number of benzene rings is 2. The fraction of sp³-hybridized carbons (Fsp3) is 0.448. The molecular weight excluding hydrogens is 488 g/mol. The van der Waals surface area contributed by atoms with Crippen LogP contribution in [0.1, 0.15) is 36.9 Å². The summed E-state index contributed by atoms with van der Waals surface area (Å²) in [5.74, 6) is 0.156. The zero-order valence-corrected chi connectivity index (χ0v) is 21.7. The largest absolute Gasteiger partial charge is 0.507 e. The van der Waals surface area contributed by atoms with Gasteiger partial charge in [-0.3, -0.25) is 14.5 Å². The maximum absolute atomic E-state index is 13.4. The number of amides is 1. The number of ketones is 1. The Morgan fingerprint density at radius 3 is 2.58 bits per heavy atom. The third-order valence-electron chi connectivity index (χ3n) is 7.06. The molecule has 1 N–H and O–H groups in total. The standard InChI is InChI=1S/C29H34N2O7/c1-2-3-13-36-22-6-4-5-20(18-22)26-25(27(32)21-7-8-23-24(19-21)38-17-16-37-23)28(33)29(34)31(26)10-9-30-11-14-35-15-12-30/h4-8,18-19,26,32H,2-3,9-17H2,1H3. The maximum atomic E-state index is 13.4. The van der Waals surface area contributed by atoms with Crippen LogP contribution >= 0.6 is 0 Å². The van der Waals surface area contributed by atoms with Gasteiger partial charge in [0.1, 0.15) is 24.7 Å². The highest BCUT2D eigenvalue weighted by molar-refractivity contribution is 6.46. The summed E-state index contributed by atoms with van der Waals surface area (Å²) in [6.45, 7) is 7.29. The van der Waals surface area contributed by atoms with Gasteiger partial charge >= 0.3 is 0 Å². The van der Waals surface area contributed by atoms with E-state index < -0.39 is 17.7 Å². The van der Waals surface area contributed by atoms with E-state index in [2.05, 4.69) is 11.8 Å². The molecule has 1 unspecified atom stereocenters. The number of morpholine rings is 1. The van der Waals surface area contributed by atoms with Gasteiger partial charge < -0.3 is 29.0 Å². The summed E-state index contributed by atoms with van der Waals surface area (Å²) in [6, 6.07) is 11.7. The Morgan fingerprint density at radius 1 is 1.00 bits per heavy atom. The molecule has 0 spiro atoms. The van der Waals surface area contributed by atoms with Gasteiger partial charge in [0.25, 0.3) is 11.7 Å². The van der Waals surface area contributed by atoms with Crippen molar-refractivity contribution in [3.8, 4) is 17.2 Å². The molecule has 202 valence electrons. The van der Waals surface area contributed by atoms with E-state index in [1.807, 2.05) is 24.3 Å². The Labute approximate surface area is 222 Å². The van der Waals surface area contributed by atoms with Crippen LogP contribution in [0.5, 0.6) is 17.2 Å². The first kappa shape index (κ1) is 26.1. The van der Waals surface area contributed by atoms with Crippen molar-refractivity contribution in [3.63, 3.8) is 0 Å². The number of ether oxygens (including phenoxy) is 4. The fourth-order valence-corrected chi connectivity index (χ4v) is 4.99. The molecule has 0 aliphatic carbocycles. The zero-order chi connectivity index (χ0) is 26.5. The quantitative estimate of drug-likeness (QED) is 0.232. The fourth-order valence-electron chi connectivity index (χ4n) is 4.99. The lowest BCUT2D eigenvalue weighted by Gasteiger charge is -2.31. The summed E-state index contributed by atoms with van der Waals surface area (Å²) in [5, 5.41) is 11.4. The van der Waals surface area contributed by atoms with Gasteiger partial charge in [0.05, 0.1) is 31.4 Å². The SMILES string of the molecule is CCCCOc1cccc(C2C(=C(O)c3ccc4c(c3)OCCO4)C(=O)C(=O)N2CCN2CCOCC2)c1. The van der Waals surface area contributed by atoms with Crippen LogP contribution in [0.2, 0.25) is 0 Å². The molecule has 9 nitrogen and oxygen atoms in total. The normalized spacial score (nSPS) is 21.1. The minimum absolute atomic E-state index is 0.0550. The summed E-state index contributed by atoms with van der Waals surface area (Å²) in [4.78, 5) is 30.5. The molecule has 2 saturated heterocycles. The highest BCUT2D eigenvalue weighted by atomic mass is 16.6. The minimum atomic E-state index is -0.751. The van der Waals surface area contributed by atoms with Crippen LogP contribution in [0.3, 0.4) is 0 Å². The molecule has 0 saturated carbocycles. The average Bonchev–Trinajstić information content (AvgIpc) is 3.21. The number of hydrogen-bond acceptors (Lipinski definition) is 8. The summed E-state index contributed by atoms with van der Waals surface area (Å²) < 4.78 is 22.6. The lowest BCUT2D eigenvalue weighted by Crippen LogP contribution is -2.42. The van der Waals surface area contributed by atoms with Gasteiger partial charge in [-0.1, -0.05) is 25.5 Å². The Kier molecular flexibility index (Phi) is 8.14. The molecule has 3 heterocycles. The summed E-state index contributed by atoms with van der Waals surface area (Å²) in [6.07, 6.45) is 1.93. The second-order valence-corrected chi connectivity index (χ2v) is 9.58. The molecule has 9 heteroatoms. The van der Waals surface area contributed by atoms with Crippen molar-refractivity contribution in [1.29, 1.82) is 0 Å². The molecule has 0 bridgehead atoms. The minimum Gasteiger partial charge on any atom is -0.507 e. The molecule has 5 rings (SSSR count). The van der Waals surface area contributed by atoms with Crippen molar-refractivity contribution >= 4 is 17.4 Å². The van der Waals surface area contributed by atoms with Crippen LogP contribution in [0.4, 0.5) is 0 Å². The highest BCUT2D eigenvalue weighted by Crippen LogP contribution is 2.41. The number of hydrogen-bond donors (Lipinski definition) is 1. The van der Waals surface area contributed by atoms with E-state index in [1.165, 1.54) is 0 Å². The smallest absolute Gasteiger partial charge is 0.295 e. The van der Waals surface area contributed by atoms with E-state index in [4.69, 9.17) is 18.9 Å². The van der Waals surface area contributed by atoms with Gasteiger partial charge in [-0.25, -0.2) is 0 Å². The topological polar surface area (TPSA) is 97.8 Å². The van der Waals surface area contributed by atoms with Crippen LogP contribution in [-0.2, 0) is 14.3 Å². The van der Waals surface area contributed by atoms with Gasteiger partial charge in [-0.15, -0.1) is 0 Å². The third kappa shape index (κ3) is 5.49. The molecule has 3 aliphatic heterocycles. The van der Waals surface area contributed by atoms with Crippen LogP contribution in [0, 0.1) is 0 Å². The number of aliphatic hydroxyl groups is 1.